The van der Waals surface area contributed by atoms with E-state index < -0.39 is 35.8 Å². The van der Waals surface area contributed by atoms with E-state index >= 15 is 0 Å². The first kappa shape index (κ1) is 24.8. The first-order chi connectivity index (χ1) is 16.6. The number of nitrogens with one attached hydrogen (secondary N) is 1. The summed E-state index contributed by atoms with van der Waals surface area (Å²) in [4.78, 5) is 44.6. The maximum absolute atomic E-state index is 13.8. The largest absolute Gasteiger partial charge is 0.416 e. The summed E-state index contributed by atoms with van der Waals surface area (Å²) in [6.07, 6.45) is -1.41. The van der Waals surface area contributed by atoms with Crippen molar-refractivity contribution in [3.8, 4) is 0 Å². The Morgan fingerprint density at radius 1 is 1.20 bits per heavy atom. The molecule has 10 heteroatoms. The second-order valence-electron chi connectivity index (χ2n) is 9.38. The summed E-state index contributed by atoms with van der Waals surface area (Å²) < 4.78 is 41.5. The van der Waals surface area contributed by atoms with E-state index in [1.807, 2.05) is 13.8 Å². The van der Waals surface area contributed by atoms with Crippen molar-refractivity contribution < 1.29 is 27.6 Å². The van der Waals surface area contributed by atoms with Gasteiger partial charge in [-0.05, 0) is 30.4 Å². The molecule has 3 heterocycles. The highest BCUT2D eigenvalue weighted by atomic mass is 19.4. The highest BCUT2D eigenvalue weighted by Gasteiger charge is 2.49. The summed E-state index contributed by atoms with van der Waals surface area (Å²) in [7, 11) is 0. The number of hydrogen-bond donors (Lipinski definition) is 1. The first-order valence-corrected chi connectivity index (χ1v) is 11.7. The number of amides is 4. The van der Waals surface area contributed by atoms with Crippen molar-refractivity contribution in [3.05, 3.63) is 59.3 Å². The van der Waals surface area contributed by atoms with Gasteiger partial charge in [-0.1, -0.05) is 38.1 Å². The normalized spacial score (nSPS) is 21.5. The van der Waals surface area contributed by atoms with Gasteiger partial charge in [-0.15, -0.1) is 6.58 Å². The van der Waals surface area contributed by atoms with E-state index in [2.05, 4.69) is 11.9 Å². The zero-order chi connectivity index (χ0) is 25.5. The van der Waals surface area contributed by atoms with E-state index in [9.17, 15) is 27.6 Å². The van der Waals surface area contributed by atoms with Crippen LogP contribution in [0.1, 0.15) is 43.9 Å². The molecule has 1 N–H and O–H groups in total. The second-order valence-corrected chi connectivity index (χ2v) is 9.38. The molecule has 0 bridgehead atoms. The summed E-state index contributed by atoms with van der Waals surface area (Å²) in [6, 6.07) is 2.22. The van der Waals surface area contributed by atoms with Crippen LogP contribution in [-0.2, 0) is 15.8 Å². The molecule has 0 aromatic heterocycles. The molecule has 35 heavy (non-hydrogen) atoms. The van der Waals surface area contributed by atoms with Crippen molar-refractivity contribution in [1.29, 1.82) is 0 Å². The number of urea groups is 1. The monoisotopic (exact) mass is 490 g/mol. The van der Waals surface area contributed by atoms with E-state index in [-0.39, 0.29) is 36.1 Å². The molecule has 1 fully saturated rings. The average molecular weight is 491 g/mol. The maximum atomic E-state index is 13.8. The van der Waals surface area contributed by atoms with Gasteiger partial charge in [-0.2, -0.15) is 13.2 Å². The highest BCUT2D eigenvalue weighted by Crippen LogP contribution is 2.42. The van der Waals surface area contributed by atoms with Gasteiger partial charge < -0.3 is 15.1 Å². The maximum Gasteiger partial charge on any atom is 0.416 e. The van der Waals surface area contributed by atoms with E-state index in [1.54, 1.807) is 4.90 Å². The van der Waals surface area contributed by atoms with Gasteiger partial charge >= 0.3 is 12.2 Å². The fourth-order valence-corrected chi connectivity index (χ4v) is 5.20. The molecule has 1 saturated heterocycles. The van der Waals surface area contributed by atoms with Crippen LogP contribution in [0.15, 0.2) is 48.2 Å². The van der Waals surface area contributed by atoms with Gasteiger partial charge in [0, 0.05) is 19.6 Å². The Balaban J connectivity index is 1.79. The lowest BCUT2D eigenvalue weighted by Crippen LogP contribution is -2.52. The number of rotatable bonds is 6. The molecule has 4 rings (SSSR count). The van der Waals surface area contributed by atoms with E-state index in [0.717, 1.165) is 18.9 Å². The number of likely N-dealkylation sites (tertiary alicyclic amines) is 1. The van der Waals surface area contributed by atoms with Crippen molar-refractivity contribution in [2.45, 2.75) is 44.9 Å². The molecule has 0 aliphatic carbocycles. The van der Waals surface area contributed by atoms with Gasteiger partial charge in [0.15, 0.2) is 0 Å². The van der Waals surface area contributed by atoms with Gasteiger partial charge in [0.1, 0.15) is 6.04 Å². The zero-order valence-corrected chi connectivity index (χ0v) is 19.8. The summed E-state index contributed by atoms with van der Waals surface area (Å²) in [6.45, 7) is 8.59. The van der Waals surface area contributed by atoms with Crippen LogP contribution < -0.4 is 5.32 Å². The summed E-state index contributed by atoms with van der Waals surface area (Å²) in [5.74, 6) is -0.944. The van der Waals surface area contributed by atoms with Crippen LogP contribution in [0.4, 0.5) is 18.0 Å². The fourth-order valence-electron chi connectivity index (χ4n) is 5.20. The van der Waals surface area contributed by atoms with Crippen LogP contribution in [0.3, 0.4) is 0 Å². The Kier molecular flexibility index (Phi) is 6.66. The molecular weight excluding hydrogens is 461 g/mol. The third-order valence-electron chi connectivity index (χ3n) is 6.78. The lowest BCUT2D eigenvalue weighted by Gasteiger charge is -2.34. The first-order valence-electron chi connectivity index (χ1n) is 11.7. The Morgan fingerprint density at radius 3 is 2.46 bits per heavy atom. The zero-order valence-electron chi connectivity index (χ0n) is 19.8. The number of alkyl halides is 3. The molecule has 2 atom stereocenters. The number of halogens is 3. The van der Waals surface area contributed by atoms with Crippen LogP contribution >= 0.6 is 0 Å². The molecule has 0 radical (unpaired) electrons. The van der Waals surface area contributed by atoms with Gasteiger partial charge in [-0.3, -0.25) is 14.5 Å². The number of carbonyl (C=O) groups is 3. The standard InChI is InChI=1S/C25H29F3N4O3/c1-4-11-31-18-14-32(21(15(2)3)23(34)30-12-7-8-13-30)22(33)19(18)20(29-24(31)35)16-9-5-6-10-17(16)25(26,27)28/h4-6,9-10,15,20-21H,1,7-8,11-14H2,2-3H3,(H,29,35)/t20-,21-/m0/s1. The third kappa shape index (κ3) is 4.41. The van der Waals surface area contributed by atoms with E-state index in [1.165, 1.54) is 34.1 Å². The van der Waals surface area contributed by atoms with Crippen molar-refractivity contribution >= 4 is 17.8 Å². The van der Waals surface area contributed by atoms with Crippen molar-refractivity contribution in [2.24, 2.45) is 5.92 Å². The van der Waals surface area contributed by atoms with E-state index in [0.29, 0.717) is 18.8 Å². The molecule has 188 valence electrons. The second kappa shape index (κ2) is 9.39. The molecule has 3 aliphatic rings. The predicted molar refractivity (Wildman–Crippen MR) is 123 cm³/mol. The third-order valence-corrected chi connectivity index (χ3v) is 6.78. The van der Waals surface area contributed by atoms with Gasteiger partial charge in [0.25, 0.3) is 5.91 Å². The number of hydrogen-bond acceptors (Lipinski definition) is 3. The fraction of sp³-hybridized carbons (Fsp3) is 0.480. The Hall–Kier alpha value is -3.30. The van der Waals surface area contributed by atoms with Crippen LogP contribution in [0.5, 0.6) is 0 Å². The quantitative estimate of drug-likeness (QED) is 0.618. The van der Waals surface area contributed by atoms with Crippen LogP contribution in [-0.4, -0.2) is 64.8 Å². The predicted octanol–water partition coefficient (Wildman–Crippen LogP) is 3.70. The van der Waals surface area contributed by atoms with Crippen molar-refractivity contribution in [1.82, 2.24) is 20.0 Å². The molecule has 3 aliphatic heterocycles. The topological polar surface area (TPSA) is 73.0 Å². The molecular formula is C25H29F3N4O3. The lowest BCUT2D eigenvalue weighted by atomic mass is 9.91. The lowest BCUT2D eigenvalue weighted by molar-refractivity contribution is -0.144. The Labute approximate surface area is 202 Å². The molecule has 1 aromatic carbocycles. The van der Waals surface area contributed by atoms with E-state index in [4.69, 9.17) is 0 Å². The molecule has 0 unspecified atom stereocenters. The van der Waals surface area contributed by atoms with Gasteiger partial charge in [0.05, 0.1) is 29.4 Å². The minimum atomic E-state index is -4.67. The summed E-state index contributed by atoms with van der Waals surface area (Å²) >= 11 is 0. The SMILES string of the molecule is C=CCN1C(=O)N[C@@H](c2ccccc2C(F)(F)F)C2=C1CN([C@H](C(=O)N1CCCC1)C(C)C)C2=O. The van der Waals surface area contributed by atoms with Crippen LogP contribution in [0, 0.1) is 5.92 Å². The summed E-state index contributed by atoms with van der Waals surface area (Å²) in [5.41, 5.74) is -0.765. The number of carbonyl (C=O) groups excluding carboxylic acids is 3. The van der Waals surface area contributed by atoms with Crippen molar-refractivity contribution in [3.63, 3.8) is 0 Å². The minimum absolute atomic E-state index is 0.0391. The molecule has 0 spiro atoms. The number of nitrogens with zero attached hydrogens (tertiary/aromatic N) is 3. The van der Waals surface area contributed by atoms with Crippen LogP contribution in [0.25, 0.3) is 0 Å². The van der Waals surface area contributed by atoms with Gasteiger partial charge in [0.2, 0.25) is 5.91 Å². The smallest absolute Gasteiger partial charge is 0.341 e. The average Bonchev–Trinajstić information content (AvgIpc) is 3.44. The van der Waals surface area contributed by atoms with Gasteiger partial charge in [-0.25, -0.2) is 4.79 Å². The Morgan fingerprint density at radius 2 is 1.86 bits per heavy atom. The number of benzene rings is 1. The minimum Gasteiger partial charge on any atom is -0.341 e. The molecule has 7 nitrogen and oxygen atoms in total. The highest BCUT2D eigenvalue weighted by molar-refractivity contribution is 6.03. The Bertz CT molecular complexity index is 1080. The van der Waals surface area contributed by atoms with Crippen molar-refractivity contribution in [2.75, 3.05) is 26.2 Å². The molecule has 0 saturated carbocycles. The molecule has 4 amide bonds. The van der Waals surface area contributed by atoms with Crippen LogP contribution in [0.2, 0.25) is 0 Å². The summed E-state index contributed by atoms with van der Waals surface area (Å²) in [5, 5.41) is 2.59. The molecule has 1 aromatic rings.